The Morgan fingerprint density at radius 3 is 2.57 bits per heavy atom. The van der Waals surface area contributed by atoms with Crippen LogP contribution in [0.4, 0.5) is 0 Å². The summed E-state index contributed by atoms with van der Waals surface area (Å²) in [5, 5.41) is 10.6. The van der Waals surface area contributed by atoms with Gasteiger partial charge in [0.2, 0.25) is 0 Å². The summed E-state index contributed by atoms with van der Waals surface area (Å²) in [6, 6.07) is 0.512. The van der Waals surface area contributed by atoms with E-state index >= 15 is 0 Å². The minimum Gasteiger partial charge on any atom is -0.310 e. The molecule has 0 aliphatic rings. The maximum Gasteiger partial charge on any atom is 0.0535 e. The van der Waals surface area contributed by atoms with Crippen molar-refractivity contribution in [1.82, 2.24) is 15.5 Å². The maximum atomic E-state index is 4.10. The molecule has 0 bridgehead atoms. The van der Waals surface area contributed by atoms with Crippen LogP contribution in [0, 0.1) is 0 Å². The molecule has 2 N–H and O–H groups in total. The van der Waals surface area contributed by atoms with Crippen molar-refractivity contribution < 1.29 is 0 Å². The Morgan fingerprint density at radius 2 is 2.07 bits per heavy atom. The molecule has 1 heterocycles. The lowest BCUT2D eigenvalue weighted by molar-refractivity contribution is 0.541. The van der Waals surface area contributed by atoms with E-state index in [0.29, 0.717) is 6.04 Å². The first-order valence-electron chi connectivity index (χ1n) is 5.17. The highest BCUT2D eigenvalue weighted by Crippen LogP contribution is 2.23. The summed E-state index contributed by atoms with van der Waals surface area (Å²) in [4.78, 5) is 0. The quantitative estimate of drug-likeness (QED) is 0.776. The minimum atomic E-state index is 0.143. The number of nitrogens with zero attached hydrogens (tertiary/aromatic N) is 1. The molecule has 3 heteroatoms. The van der Waals surface area contributed by atoms with Crippen LogP contribution in [0.5, 0.6) is 0 Å². The van der Waals surface area contributed by atoms with Gasteiger partial charge in [-0.25, -0.2) is 0 Å². The van der Waals surface area contributed by atoms with E-state index < -0.39 is 0 Å². The van der Waals surface area contributed by atoms with Crippen LogP contribution in [-0.4, -0.2) is 16.2 Å². The Bertz CT molecular complexity index is 281. The summed E-state index contributed by atoms with van der Waals surface area (Å²) in [7, 11) is 0. The van der Waals surface area contributed by atoms with Gasteiger partial charge in [0.1, 0.15) is 0 Å². The number of H-pyrrole nitrogens is 1. The maximum absolute atomic E-state index is 4.10. The monoisotopic (exact) mass is 195 g/mol. The zero-order valence-electron chi connectivity index (χ0n) is 9.81. The van der Waals surface area contributed by atoms with E-state index in [1.54, 1.807) is 0 Å². The predicted molar refractivity (Wildman–Crippen MR) is 59.3 cm³/mol. The first-order chi connectivity index (χ1) is 6.41. The third-order valence-corrected chi connectivity index (χ3v) is 2.17. The van der Waals surface area contributed by atoms with Crippen molar-refractivity contribution in [2.24, 2.45) is 0 Å². The molecule has 0 radical (unpaired) electrons. The smallest absolute Gasteiger partial charge is 0.0535 e. The summed E-state index contributed by atoms with van der Waals surface area (Å²) >= 11 is 0. The molecule has 0 amide bonds. The molecule has 1 rings (SSSR count). The molecule has 14 heavy (non-hydrogen) atoms. The molecular formula is C11H21N3. The van der Waals surface area contributed by atoms with Crippen LogP contribution < -0.4 is 5.32 Å². The van der Waals surface area contributed by atoms with Gasteiger partial charge in [-0.3, -0.25) is 5.10 Å². The van der Waals surface area contributed by atoms with Gasteiger partial charge in [-0.2, -0.15) is 5.10 Å². The number of hydrogen-bond acceptors (Lipinski definition) is 2. The predicted octanol–water partition coefficient (Wildman–Crippen LogP) is 2.21. The van der Waals surface area contributed by atoms with Gasteiger partial charge in [-0.1, -0.05) is 34.6 Å². The summed E-state index contributed by atoms with van der Waals surface area (Å²) in [6.45, 7) is 11.8. The SMILES string of the molecule is CC(C)NCc1cn[nH]c1C(C)(C)C. The molecule has 0 saturated heterocycles. The molecular weight excluding hydrogens is 174 g/mol. The highest BCUT2D eigenvalue weighted by atomic mass is 15.1. The average molecular weight is 195 g/mol. The number of aromatic amines is 1. The lowest BCUT2D eigenvalue weighted by Gasteiger charge is -2.19. The van der Waals surface area contributed by atoms with Crippen molar-refractivity contribution in [2.75, 3.05) is 0 Å². The van der Waals surface area contributed by atoms with Crippen molar-refractivity contribution in [1.29, 1.82) is 0 Å². The normalized spacial score (nSPS) is 12.4. The number of rotatable bonds is 3. The van der Waals surface area contributed by atoms with E-state index in [2.05, 4.69) is 50.1 Å². The van der Waals surface area contributed by atoms with Gasteiger partial charge in [0, 0.05) is 29.3 Å². The third kappa shape index (κ3) is 2.84. The Morgan fingerprint density at radius 1 is 1.43 bits per heavy atom. The first kappa shape index (κ1) is 11.2. The largest absolute Gasteiger partial charge is 0.310 e. The van der Waals surface area contributed by atoms with Crippen LogP contribution >= 0.6 is 0 Å². The lowest BCUT2D eigenvalue weighted by Crippen LogP contribution is -2.24. The Balaban J connectivity index is 2.73. The Kier molecular flexibility index (Phi) is 3.32. The molecule has 0 aromatic carbocycles. The van der Waals surface area contributed by atoms with Crippen molar-refractivity contribution in [2.45, 2.75) is 52.6 Å². The molecule has 0 aliphatic heterocycles. The molecule has 3 nitrogen and oxygen atoms in total. The van der Waals surface area contributed by atoms with Gasteiger partial charge < -0.3 is 5.32 Å². The summed E-state index contributed by atoms with van der Waals surface area (Å²) < 4.78 is 0. The van der Waals surface area contributed by atoms with Crippen molar-refractivity contribution in [3.8, 4) is 0 Å². The molecule has 80 valence electrons. The number of aromatic nitrogens is 2. The average Bonchev–Trinajstić information content (AvgIpc) is 2.46. The summed E-state index contributed by atoms with van der Waals surface area (Å²) in [6.07, 6.45) is 1.91. The highest BCUT2D eigenvalue weighted by Gasteiger charge is 2.19. The van der Waals surface area contributed by atoms with Crippen molar-refractivity contribution >= 4 is 0 Å². The van der Waals surface area contributed by atoms with Crippen molar-refractivity contribution in [3.63, 3.8) is 0 Å². The fourth-order valence-electron chi connectivity index (χ4n) is 1.41. The fraction of sp³-hybridized carbons (Fsp3) is 0.727. The molecule has 0 aliphatic carbocycles. The van der Waals surface area contributed by atoms with Crippen LogP contribution in [-0.2, 0) is 12.0 Å². The molecule has 0 saturated carbocycles. The zero-order valence-corrected chi connectivity index (χ0v) is 9.81. The van der Waals surface area contributed by atoms with Gasteiger partial charge in [0.05, 0.1) is 6.20 Å². The second-order valence-corrected chi connectivity index (χ2v) is 5.06. The van der Waals surface area contributed by atoms with Gasteiger partial charge in [0.25, 0.3) is 0 Å². The zero-order chi connectivity index (χ0) is 10.8. The fourth-order valence-corrected chi connectivity index (χ4v) is 1.41. The second-order valence-electron chi connectivity index (χ2n) is 5.06. The van der Waals surface area contributed by atoms with E-state index in [1.165, 1.54) is 11.3 Å². The van der Waals surface area contributed by atoms with E-state index in [9.17, 15) is 0 Å². The Hall–Kier alpha value is -0.830. The van der Waals surface area contributed by atoms with Gasteiger partial charge >= 0.3 is 0 Å². The molecule has 1 aromatic rings. The van der Waals surface area contributed by atoms with Crippen LogP contribution in [0.15, 0.2) is 6.20 Å². The standard InChI is InChI=1S/C11H21N3/c1-8(2)12-6-9-7-13-14-10(9)11(3,4)5/h7-8,12H,6H2,1-5H3,(H,13,14). The third-order valence-electron chi connectivity index (χ3n) is 2.17. The molecule has 0 spiro atoms. The van der Waals surface area contributed by atoms with Gasteiger partial charge in [-0.05, 0) is 0 Å². The number of hydrogen-bond donors (Lipinski definition) is 2. The second kappa shape index (κ2) is 4.13. The number of nitrogens with one attached hydrogen (secondary N) is 2. The highest BCUT2D eigenvalue weighted by molar-refractivity contribution is 5.23. The molecule has 0 unspecified atom stereocenters. The van der Waals surface area contributed by atoms with Gasteiger partial charge in [-0.15, -0.1) is 0 Å². The van der Waals surface area contributed by atoms with Crippen molar-refractivity contribution in [3.05, 3.63) is 17.5 Å². The summed E-state index contributed by atoms with van der Waals surface area (Å²) in [5.41, 5.74) is 2.64. The van der Waals surface area contributed by atoms with Crippen LogP contribution in [0.25, 0.3) is 0 Å². The van der Waals surface area contributed by atoms with E-state index in [1.807, 2.05) is 6.20 Å². The van der Waals surface area contributed by atoms with Gasteiger partial charge in [0.15, 0.2) is 0 Å². The Labute approximate surface area is 86.3 Å². The summed E-state index contributed by atoms with van der Waals surface area (Å²) in [5.74, 6) is 0. The van der Waals surface area contributed by atoms with E-state index in [-0.39, 0.29) is 5.41 Å². The van der Waals surface area contributed by atoms with Crippen LogP contribution in [0.1, 0.15) is 45.9 Å². The van der Waals surface area contributed by atoms with E-state index in [0.717, 1.165) is 6.54 Å². The minimum absolute atomic E-state index is 0.143. The van der Waals surface area contributed by atoms with E-state index in [4.69, 9.17) is 0 Å². The lowest BCUT2D eigenvalue weighted by atomic mass is 9.89. The first-order valence-corrected chi connectivity index (χ1v) is 5.17. The molecule has 0 atom stereocenters. The van der Waals surface area contributed by atoms with Crippen LogP contribution in [0.3, 0.4) is 0 Å². The molecule has 0 fully saturated rings. The van der Waals surface area contributed by atoms with Crippen LogP contribution in [0.2, 0.25) is 0 Å². The molecule has 1 aromatic heterocycles. The topological polar surface area (TPSA) is 40.7 Å².